The molecule has 2 N–H and O–H groups in total. The number of nitrogens with one attached hydrogen (secondary N) is 1. The second-order valence-corrected chi connectivity index (χ2v) is 6.86. The first kappa shape index (κ1) is 20.9. The molecule has 0 fully saturated rings. The van der Waals surface area contributed by atoms with Crippen LogP contribution >= 0.6 is 0 Å². The van der Waals surface area contributed by atoms with Crippen LogP contribution in [0.1, 0.15) is 38.0 Å². The minimum absolute atomic E-state index is 0.330. The molecule has 0 aliphatic heterocycles. The second-order valence-electron chi connectivity index (χ2n) is 6.86. The molecule has 146 valence electrons. The quantitative estimate of drug-likeness (QED) is 0.496. The molecule has 0 saturated carbocycles. The van der Waals surface area contributed by atoms with Crippen LogP contribution in [0.2, 0.25) is 0 Å². The van der Waals surface area contributed by atoms with Crippen LogP contribution < -0.4 is 10.1 Å². The Morgan fingerprint density at radius 2 is 1.78 bits per heavy atom. The van der Waals surface area contributed by atoms with Crippen molar-refractivity contribution in [3.05, 3.63) is 65.7 Å². The van der Waals surface area contributed by atoms with E-state index in [1.54, 1.807) is 20.8 Å². The molecule has 0 aliphatic rings. The van der Waals surface area contributed by atoms with E-state index in [0.717, 1.165) is 24.1 Å². The van der Waals surface area contributed by atoms with Gasteiger partial charge in [0.2, 0.25) is 0 Å². The standard InChI is InChI=1S/C22H29NO4/c1-4-26-21(25)22(2,3)27-19-12-10-17(11-13-19)14-15-23-16-20(24)18-8-6-5-7-9-18/h5-13,20,23-24H,4,14-16H2,1-3H3/t20-/m1/s1. The molecule has 1 atom stereocenters. The normalized spacial score (nSPS) is 12.4. The van der Waals surface area contributed by atoms with Crippen molar-refractivity contribution in [1.82, 2.24) is 5.32 Å². The number of esters is 1. The molecule has 0 spiro atoms. The van der Waals surface area contributed by atoms with Gasteiger partial charge in [-0.05, 0) is 57.0 Å². The van der Waals surface area contributed by atoms with Gasteiger partial charge in [-0.2, -0.15) is 0 Å². The van der Waals surface area contributed by atoms with Gasteiger partial charge in [0.25, 0.3) is 0 Å². The van der Waals surface area contributed by atoms with Crippen molar-refractivity contribution in [3.63, 3.8) is 0 Å². The number of rotatable bonds is 10. The minimum Gasteiger partial charge on any atom is -0.476 e. The van der Waals surface area contributed by atoms with Crippen molar-refractivity contribution in [2.45, 2.75) is 38.9 Å². The molecule has 0 radical (unpaired) electrons. The Kier molecular flexibility index (Phi) is 7.82. The zero-order valence-corrected chi connectivity index (χ0v) is 16.3. The molecule has 0 unspecified atom stereocenters. The summed E-state index contributed by atoms with van der Waals surface area (Å²) in [6.45, 7) is 6.77. The fraction of sp³-hybridized carbons (Fsp3) is 0.409. The van der Waals surface area contributed by atoms with Crippen molar-refractivity contribution in [2.75, 3.05) is 19.7 Å². The largest absolute Gasteiger partial charge is 0.476 e. The summed E-state index contributed by atoms with van der Waals surface area (Å²) in [5, 5.41) is 13.4. The van der Waals surface area contributed by atoms with Gasteiger partial charge in [-0.1, -0.05) is 42.5 Å². The van der Waals surface area contributed by atoms with Gasteiger partial charge >= 0.3 is 5.97 Å². The summed E-state index contributed by atoms with van der Waals surface area (Å²) in [5.74, 6) is 0.250. The SMILES string of the molecule is CCOC(=O)C(C)(C)Oc1ccc(CCNC[C@@H](O)c2ccccc2)cc1. The van der Waals surface area contributed by atoms with Gasteiger partial charge in [-0.3, -0.25) is 0 Å². The molecule has 2 rings (SSSR count). The molecular weight excluding hydrogens is 342 g/mol. The number of carbonyl (C=O) groups excluding carboxylic acids is 1. The number of aliphatic hydroxyl groups is 1. The van der Waals surface area contributed by atoms with Crippen LogP contribution in [0.3, 0.4) is 0 Å². The van der Waals surface area contributed by atoms with Gasteiger partial charge in [0, 0.05) is 6.54 Å². The van der Waals surface area contributed by atoms with Gasteiger partial charge in [0.15, 0.2) is 5.60 Å². The van der Waals surface area contributed by atoms with Crippen LogP contribution in [0.15, 0.2) is 54.6 Å². The maximum atomic E-state index is 11.9. The van der Waals surface area contributed by atoms with Crippen molar-refractivity contribution in [1.29, 1.82) is 0 Å². The third kappa shape index (κ3) is 6.70. The molecule has 0 amide bonds. The third-order valence-corrected chi connectivity index (χ3v) is 4.18. The maximum Gasteiger partial charge on any atom is 0.349 e. The number of aliphatic hydroxyl groups excluding tert-OH is 1. The topological polar surface area (TPSA) is 67.8 Å². The average molecular weight is 371 g/mol. The summed E-state index contributed by atoms with van der Waals surface area (Å²) in [6.07, 6.45) is 0.329. The van der Waals surface area contributed by atoms with E-state index in [9.17, 15) is 9.90 Å². The van der Waals surface area contributed by atoms with Crippen LogP contribution in [-0.2, 0) is 16.0 Å². The Morgan fingerprint density at radius 1 is 1.11 bits per heavy atom. The van der Waals surface area contributed by atoms with Crippen molar-refractivity contribution in [2.24, 2.45) is 0 Å². The lowest BCUT2D eigenvalue weighted by Gasteiger charge is -2.24. The van der Waals surface area contributed by atoms with Crippen molar-refractivity contribution in [3.8, 4) is 5.75 Å². The molecule has 0 saturated heterocycles. The van der Waals surface area contributed by atoms with Crippen LogP contribution in [0.5, 0.6) is 5.75 Å². The summed E-state index contributed by atoms with van der Waals surface area (Å²) < 4.78 is 10.8. The Morgan fingerprint density at radius 3 is 2.41 bits per heavy atom. The predicted molar refractivity (Wildman–Crippen MR) is 106 cm³/mol. The fourth-order valence-corrected chi connectivity index (χ4v) is 2.63. The molecule has 5 heteroatoms. The number of ether oxygens (including phenoxy) is 2. The first-order valence-electron chi connectivity index (χ1n) is 9.31. The van der Waals surface area contributed by atoms with Crippen LogP contribution in [0.25, 0.3) is 0 Å². The lowest BCUT2D eigenvalue weighted by Crippen LogP contribution is -2.39. The van der Waals surface area contributed by atoms with E-state index in [4.69, 9.17) is 9.47 Å². The summed E-state index contributed by atoms with van der Waals surface area (Å²) in [4.78, 5) is 11.9. The highest BCUT2D eigenvalue weighted by Crippen LogP contribution is 2.20. The molecule has 0 aliphatic carbocycles. The number of carbonyl (C=O) groups is 1. The van der Waals surface area contributed by atoms with E-state index in [1.807, 2.05) is 54.6 Å². The van der Waals surface area contributed by atoms with E-state index in [-0.39, 0.29) is 5.97 Å². The molecule has 27 heavy (non-hydrogen) atoms. The average Bonchev–Trinajstić information content (AvgIpc) is 2.67. The Hall–Kier alpha value is -2.37. The summed E-state index contributed by atoms with van der Waals surface area (Å²) in [6, 6.07) is 17.3. The Labute approximate surface area is 161 Å². The molecular formula is C22H29NO4. The zero-order valence-electron chi connectivity index (χ0n) is 16.3. The second kappa shape index (κ2) is 10.1. The van der Waals surface area contributed by atoms with Gasteiger partial charge in [-0.25, -0.2) is 4.79 Å². The fourth-order valence-electron chi connectivity index (χ4n) is 2.63. The molecule has 0 bridgehead atoms. The molecule has 2 aromatic carbocycles. The van der Waals surface area contributed by atoms with Crippen LogP contribution in [-0.4, -0.2) is 36.4 Å². The van der Waals surface area contributed by atoms with Gasteiger partial charge in [0.05, 0.1) is 12.7 Å². The summed E-state index contributed by atoms with van der Waals surface area (Å²) >= 11 is 0. The van der Waals surface area contributed by atoms with Crippen molar-refractivity contribution >= 4 is 5.97 Å². The molecule has 0 heterocycles. The lowest BCUT2D eigenvalue weighted by atomic mass is 10.1. The van der Waals surface area contributed by atoms with E-state index in [2.05, 4.69) is 5.32 Å². The number of benzene rings is 2. The first-order valence-corrected chi connectivity index (χ1v) is 9.31. The van der Waals surface area contributed by atoms with Crippen LogP contribution in [0, 0.1) is 0 Å². The molecule has 5 nitrogen and oxygen atoms in total. The maximum absolute atomic E-state index is 11.9. The zero-order chi connectivity index (χ0) is 19.7. The summed E-state index contributed by atoms with van der Waals surface area (Å²) in [5.41, 5.74) is 1.04. The van der Waals surface area contributed by atoms with E-state index >= 15 is 0 Å². The molecule has 0 aromatic heterocycles. The smallest absolute Gasteiger partial charge is 0.349 e. The third-order valence-electron chi connectivity index (χ3n) is 4.18. The van der Waals surface area contributed by atoms with Crippen LogP contribution in [0.4, 0.5) is 0 Å². The van der Waals surface area contributed by atoms with E-state index in [0.29, 0.717) is 18.9 Å². The van der Waals surface area contributed by atoms with E-state index < -0.39 is 11.7 Å². The summed E-state index contributed by atoms with van der Waals surface area (Å²) in [7, 11) is 0. The Bertz CT molecular complexity index is 698. The predicted octanol–water partition coefficient (Wildman–Crippen LogP) is 3.27. The highest BCUT2D eigenvalue weighted by molar-refractivity contribution is 5.79. The van der Waals surface area contributed by atoms with Crippen molar-refractivity contribution < 1.29 is 19.4 Å². The highest BCUT2D eigenvalue weighted by atomic mass is 16.6. The Balaban J connectivity index is 1.76. The number of hydrogen-bond donors (Lipinski definition) is 2. The van der Waals surface area contributed by atoms with Gasteiger partial charge in [-0.15, -0.1) is 0 Å². The molecule has 2 aromatic rings. The number of hydrogen-bond acceptors (Lipinski definition) is 5. The lowest BCUT2D eigenvalue weighted by molar-refractivity contribution is -0.158. The van der Waals surface area contributed by atoms with Gasteiger partial charge < -0.3 is 19.9 Å². The highest BCUT2D eigenvalue weighted by Gasteiger charge is 2.31. The van der Waals surface area contributed by atoms with Gasteiger partial charge in [0.1, 0.15) is 5.75 Å². The van der Waals surface area contributed by atoms with E-state index in [1.165, 1.54) is 0 Å². The minimum atomic E-state index is -1.02. The monoisotopic (exact) mass is 371 g/mol. The first-order chi connectivity index (χ1) is 12.9.